The number of carbonyl (C=O) groups is 1. The summed E-state index contributed by atoms with van der Waals surface area (Å²) in [4.78, 5) is 27.0. The predicted octanol–water partition coefficient (Wildman–Crippen LogP) is 2.36. The monoisotopic (exact) mass is 391 g/mol. The maximum atomic E-state index is 11.8. The molecule has 3 N–H and O–H groups in total. The third kappa shape index (κ3) is 3.56. The van der Waals surface area contributed by atoms with E-state index in [0.717, 1.165) is 22.5 Å². The lowest BCUT2D eigenvalue weighted by Crippen LogP contribution is -2.29. The fourth-order valence-electron chi connectivity index (χ4n) is 3.47. The summed E-state index contributed by atoms with van der Waals surface area (Å²) in [5.41, 5.74) is 9.63. The largest absolute Gasteiger partial charge is 0.504 e. The maximum Gasteiger partial charge on any atom is 0.252 e. The first-order valence-electron chi connectivity index (χ1n) is 9.23. The lowest BCUT2D eigenvalue weighted by Gasteiger charge is -2.22. The Balaban J connectivity index is 1.79. The molecule has 0 saturated heterocycles. The van der Waals surface area contributed by atoms with Crippen LogP contribution in [0.2, 0.25) is 0 Å². The van der Waals surface area contributed by atoms with Crippen LogP contribution >= 0.6 is 0 Å². The molecule has 8 nitrogen and oxygen atoms in total. The van der Waals surface area contributed by atoms with E-state index in [4.69, 9.17) is 10.5 Å². The van der Waals surface area contributed by atoms with E-state index in [0.29, 0.717) is 42.5 Å². The molecule has 8 heteroatoms. The van der Waals surface area contributed by atoms with E-state index in [-0.39, 0.29) is 5.75 Å². The van der Waals surface area contributed by atoms with Crippen molar-refractivity contribution >= 4 is 11.7 Å². The van der Waals surface area contributed by atoms with Gasteiger partial charge in [-0.05, 0) is 38.1 Å². The number of benzene rings is 1. The summed E-state index contributed by atoms with van der Waals surface area (Å²) in [6.07, 6.45) is 3.33. The molecular formula is C21H21N5O3. The number of aromatic nitrogens is 3. The Morgan fingerprint density at radius 2 is 2.10 bits per heavy atom. The van der Waals surface area contributed by atoms with Gasteiger partial charge >= 0.3 is 0 Å². The average Bonchev–Trinajstić information content (AvgIpc) is 2.92. The zero-order valence-corrected chi connectivity index (χ0v) is 16.2. The SMILES string of the molecule is Cc1cnc(C)c(-c2cc(O)c3c(c2)CN(c2ncccc2C(N)=O)CCO3)n1. The number of hydrogen-bond donors (Lipinski definition) is 2. The van der Waals surface area contributed by atoms with E-state index in [1.165, 1.54) is 0 Å². The molecule has 3 aromatic rings. The van der Waals surface area contributed by atoms with E-state index in [9.17, 15) is 9.90 Å². The van der Waals surface area contributed by atoms with Gasteiger partial charge in [0.1, 0.15) is 12.4 Å². The topological polar surface area (TPSA) is 114 Å². The van der Waals surface area contributed by atoms with Crippen LogP contribution in [0.5, 0.6) is 11.5 Å². The highest BCUT2D eigenvalue weighted by Gasteiger charge is 2.24. The van der Waals surface area contributed by atoms with Gasteiger partial charge in [0.2, 0.25) is 0 Å². The number of carbonyl (C=O) groups excluding carboxylic acids is 1. The first-order valence-corrected chi connectivity index (χ1v) is 9.23. The van der Waals surface area contributed by atoms with Gasteiger partial charge in [-0.3, -0.25) is 9.78 Å². The molecular weight excluding hydrogens is 370 g/mol. The Morgan fingerprint density at radius 3 is 2.90 bits per heavy atom. The predicted molar refractivity (Wildman–Crippen MR) is 108 cm³/mol. The van der Waals surface area contributed by atoms with Crippen LogP contribution in [-0.4, -0.2) is 39.1 Å². The molecule has 0 spiro atoms. The highest BCUT2D eigenvalue weighted by Crippen LogP contribution is 2.38. The smallest absolute Gasteiger partial charge is 0.252 e. The molecule has 0 saturated carbocycles. The summed E-state index contributed by atoms with van der Waals surface area (Å²) < 4.78 is 5.80. The maximum absolute atomic E-state index is 11.8. The van der Waals surface area contributed by atoms with E-state index >= 15 is 0 Å². The number of primary amides is 1. The second-order valence-electron chi connectivity index (χ2n) is 6.94. The minimum absolute atomic E-state index is 0.0400. The van der Waals surface area contributed by atoms with Gasteiger partial charge < -0.3 is 20.5 Å². The van der Waals surface area contributed by atoms with Crippen molar-refractivity contribution in [2.24, 2.45) is 5.73 Å². The number of nitrogens with two attached hydrogens (primary N) is 1. The second-order valence-corrected chi connectivity index (χ2v) is 6.94. The third-order valence-corrected chi connectivity index (χ3v) is 4.82. The van der Waals surface area contributed by atoms with Crippen LogP contribution in [0, 0.1) is 13.8 Å². The van der Waals surface area contributed by atoms with E-state index < -0.39 is 5.91 Å². The molecule has 29 heavy (non-hydrogen) atoms. The molecule has 1 aliphatic heterocycles. The Kier molecular flexibility index (Phi) is 4.75. The van der Waals surface area contributed by atoms with Crippen LogP contribution in [0.3, 0.4) is 0 Å². The molecule has 3 heterocycles. The van der Waals surface area contributed by atoms with Crippen LogP contribution in [-0.2, 0) is 6.54 Å². The summed E-state index contributed by atoms with van der Waals surface area (Å²) in [5.74, 6) is 0.415. The van der Waals surface area contributed by atoms with Crippen molar-refractivity contribution < 1.29 is 14.6 Å². The van der Waals surface area contributed by atoms with Crippen molar-refractivity contribution in [3.05, 3.63) is 59.2 Å². The quantitative estimate of drug-likeness (QED) is 0.704. The number of nitrogens with zero attached hydrogens (tertiary/aromatic N) is 4. The number of rotatable bonds is 3. The van der Waals surface area contributed by atoms with Crippen LogP contribution in [0.15, 0.2) is 36.7 Å². The van der Waals surface area contributed by atoms with E-state index in [1.807, 2.05) is 24.8 Å². The Morgan fingerprint density at radius 1 is 1.28 bits per heavy atom. The molecule has 1 aliphatic rings. The number of amides is 1. The van der Waals surface area contributed by atoms with Crippen molar-refractivity contribution in [1.29, 1.82) is 0 Å². The number of phenolic OH excluding ortho intramolecular Hbond substituents is 1. The number of anilines is 1. The molecule has 1 amide bonds. The summed E-state index contributed by atoms with van der Waals surface area (Å²) in [7, 11) is 0. The van der Waals surface area contributed by atoms with Crippen molar-refractivity contribution in [3.63, 3.8) is 0 Å². The van der Waals surface area contributed by atoms with Crippen molar-refractivity contribution in [2.75, 3.05) is 18.1 Å². The standard InChI is InChI=1S/C21H21N5O3/c1-12-10-24-13(2)18(25-12)14-8-15-11-26(6-7-29-19(15)17(27)9-14)21-16(20(22)28)4-3-5-23-21/h3-5,8-10,27H,6-7,11H2,1-2H3,(H2,22,28). The van der Waals surface area contributed by atoms with Gasteiger partial charge in [-0.1, -0.05) is 0 Å². The third-order valence-electron chi connectivity index (χ3n) is 4.82. The van der Waals surface area contributed by atoms with Gasteiger partial charge in [-0.25, -0.2) is 9.97 Å². The van der Waals surface area contributed by atoms with E-state index in [1.54, 1.807) is 30.6 Å². The second kappa shape index (κ2) is 7.38. The number of ether oxygens (including phenoxy) is 1. The number of aryl methyl sites for hydroxylation is 2. The van der Waals surface area contributed by atoms with Crippen molar-refractivity contribution in [3.8, 4) is 22.8 Å². The van der Waals surface area contributed by atoms with Gasteiger partial charge in [0.05, 0.1) is 29.2 Å². The Hall–Kier alpha value is -3.68. The summed E-state index contributed by atoms with van der Waals surface area (Å²) in [5, 5.41) is 10.6. The summed E-state index contributed by atoms with van der Waals surface area (Å²) >= 11 is 0. The fraction of sp³-hybridized carbons (Fsp3) is 0.238. The Labute approximate surface area is 168 Å². The lowest BCUT2D eigenvalue weighted by atomic mass is 10.0. The van der Waals surface area contributed by atoms with Gasteiger partial charge in [0.15, 0.2) is 11.5 Å². The van der Waals surface area contributed by atoms with Crippen LogP contribution in [0.25, 0.3) is 11.3 Å². The van der Waals surface area contributed by atoms with Gasteiger partial charge in [0, 0.05) is 30.1 Å². The summed E-state index contributed by atoms with van der Waals surface area (Å²) in [6.45, 7) is 4.96. The zero-order chi connectivity index (χ0) is 20.5. The Bertz CT molecular complexity index is 1100. The number of pyridine rings is 1. The molecule has 0 radical (unpaired) electrons. The van der Waals surface area contributed by atoms with Gasteiger partial charge in [-0.15, -0.1) is 0 Å². The molecule has 4 rings (SSSR count). The first-order chi connectivity index (χ1) is 13.9. The highest BCUT2D eigenvalue weighted by atomic mass is 16.5. The minimum Gasteiger partial charge on any atom is -0.504 e. The van der Waals surface area contributed by atoms with Crippen LogP contribution < -0.4 is 15.4 Å². The fourth-order valence-corrected chi connectivity index (χ4v) is 3.47. The summed E-state index contributed by atoms with van der Waals surface area (Å²) in [6, 6.07) is 6.89. The number of fused-ring (bicyclic) bond motifs is 1. The molecule has 0 fully saturated rings. The van der Waals surface area contributed by atoms with Gasteiger partial charge in [-0.2, -0.15) is 0 Å². The molecule has 148 valence electrons. The zero-order valence-electron chi connectivity index (χ0n) is 16.2. The molecule has 0 unspecified atom stereocenters. The first kappa shape index (κ1) is 18.7. The number of hydrogen-bond acceptors (Lipinski definition) is 7. The van der Waals surface area contributed by atoms with E-state index in [2.05, 4.69) is 15.0 Å². The molecule has 0 aliphatic carbocycles. The minimum atomic E-state index is -0.541. The normalized spacial score (nSPS) is 13.4. The molecule has 0 bridgehead atoms. The van der Waals surface area contributed by atoms with Crippen LogP contribution in [0.4, 0.5) is 5.82 Å². The molecule has 0 atom stereocenters. The van der Waals surface area contributed by atoms with Crippen molar-refractivity contribution in [2.45, 2.75) is 20.4 Å². The number of aromatic hydroxyl groups is 1. The van der Waals surface area contributed by atoms with Gasteiger partial charge in [0.25, 0.3) is 5.91 Å². The lowest BCUT2D eigenvalue weighted by molar-refractivity contribution is 0.100. The average molecular weight is 391 g/mol. The highest BCUT2D eigenvalue weighted by molar-refractivity contribution is 5.97. The molecule has 1 aromatic carbocycles. The van der Waals surface area contributed by atoms with Crippen LogP contribution in [0.1, 0.15) is 27.3 Å². The number of phenols is 1. The molecule has 2 aromatic heterocycles. The van der Waals surface area contributed by atoms with Crippen molar-refractivity contribution in [1.82, 2.24) is 15.0 Å².